The van der Waals surface area contributed by atoms with E-state index in [-0.39, 0.29) is 23.8 Å². The van der Waals surface area contributed by atoms with Gasteiger partial charge in [-0.1, -0.05) is 24.3 Å². The molecule has 10 nitrogen and oxygen atoms in total. The van der Waals surface area contributed by atoms with Crippen molar-refractivity contribution in [2.24, 2.45) is 12.8 Å². The van der Waals surface area contributed by atoms with Crippen molar-refractivity contribution in [1.82, 2.24) is 18.7 Å². The highest BCUT2D eigenvalue weighted by Crippen LogP contribution is 2.25. The number of carbonyl (C=O) groups excluding carboxylic acids is 1. The molecule has 0 radical (unpaired) electrons. The van der Waals surface area contributed by atoms with Crippen molar-refractivity contribution in [1.29, 1.82) is 5.26 Å². The van der Waals surface area contributed by atoms with E-state index in [1.54, 1.807) is 28.8 Å². The van der Waals surface area contributed by atoms with E-state index in [9.17, 15) is 28.4 Å². The van der Waals surface area contributed by atoms with Crippen LogP contribution >= 0.6 is 0 Å². The second-order valence-electron chi connectivity index (χ2n) is 9.54. The number of hydrogen-bond donors (Lipinski definition) is 1. The number of ketones is 1. The summed E-state index contributed by atoms with van der Waals surface area (Å²) in [7, 11) is 1.40. The van der Waals surface area contributed by atoms with Gasteiger partial charge < -0.3 is 10.6 Å². The third-order valence-corrected chi connectivity index (χ3v) is 6.96. The van der Waals surface area contributed by atoms with Gasteiger partial charge in [0.2, 0.25) is 5.95 Å². The molecule has 0 bridgehead atoms. The van der Waals surface area contributed by atoms with Crippen LogP contribution in [0.15, 0.2) is 52.1 Å². The summed E-state index contributed by atoms with van der Waals surface area (Å²) in [4.78, 5) is 46.5. The van der Waals surface area contributed by atoms with Gasteiger partial charge in [-0.05, 0) is 36.6 Å². The summed E-state index contributed by atoms with van der Waals surface area (Å²) in [6.07, 6.45) is 1.62. The van der Waals surface area contributed by atoms with Crippen molar-refractivity contribution >= 4 is 22.9 Å². The number of nitrogens with two attached hydrogens (primary N) is 1. The van der Waals surface area contributed by atoms with E-state index >= 15 is 0 Å². The Kier molecular flexibility index (Phi) is 6.84. The highest BCUT2D eigenvalue weighted by molar-refractivity contribution is 5.96. The highest BCUT2D eigenvalue weighted by atomic mass is 19.1. The predicted molar refractivity (Wildman–Crippen MR) is 140 cm³/mol. The van der Waals surface area contributed by atoms with E-state index in [0.29, 0.717) is 34.7 Å². The Hall–Kier alpha value is -4.63. The monoisotopic (exact) mass is 533 g/mol. The molecule has 0 aliphatic carbocycles. The number of nitriles is 1. The van der Waals surface area contributed by atoms with Crippen LogP contribution in [0.25, 0.3) is 11.2 Å². The van der Waals surface area contributed by atoms with Crippen LogP contribution in [0.4, 0.5) is 14.7 Å². The lowest BCUT2D eigenvalue weighted by Crippen LogP contribution is -2.44. The average molecular weight is 534 g/mol. The van der Waals surface area contributed by atoms with E-state index in [0.717, 1.165) is 35.6 Å². The quantitative estimate of drug-likeness (QED) is 0.375. The van der Waals surface area contributed by atoms with Crippen LogP contribution < -0.4 is 21.9 Å². The van der Waals surface area contributed by atoms with Crippen LogP contribution in [0.2, 0.25) is 0 Å². The Labute approximate surface area is 221 Å². The van der Waals surface area contributed by atoms with Crippen LogP contribution in [-0.2, 0) is 20.1 Å². The molecule has 1 fully saturated rings. The number of imidazole rings is 1. The maximum absolute atomic E-state index is 14.3. The van der Waals surface area contributed by atoms with Gasteiger partial charge in [-0.3, -0.25) is 23.3 Å². The fourth-order valence-electron chi connectivity index (χ4n) is 5.01. The van der Waals surface area contributed by atoms with Gasteiger partial charge in [0, 0.05) is 26.2 Å². The summed E-state index contributed by atoms with van der Waals surface area (Å²) in [5, 5.41) is 9.63. The Bertz CT molecular complexity index is 1750. The SMILES string of the molecule is Cn1c(=O)n(CC(=O)c2c(F)cccc2F)c(=O)c2c1nc(N1CCCC(N)C1)n2Cc1ccccc1C#N. The number of halogens is 2. The van der Waals surface area contributed by atoms with Gasteiger partial charge in [-0.2, -0.15) is 10.2 Å². The second kappa shape index (κ2) is 10.3. The number of rotatable bonds is 6. The number of benzene rings is 2. The number of aryl methyl sites for hydroxylation is 1. The molecule has 4 aromatic rings. The third kappa shape index (κ3) is 4.61. The van der Waals surface area contributed by atoms with E-state index in [1.165, 1.54) is 7.05 Å². The molecule has 3 heterocycles. The number of aromatic nitrogens is 4. The Balaban J connectivity index is 1.72. The summed E-state index contributed by atoms with van der Waals surface area (Å²) < 4.78 is 31.9. The molecule has 1 aliphatic rings. The Morgan fingerprint density at radius 2 is 1.85 bits per heavy atom. The van der Waals surface area contributed by atoms with E-state index in [2.05, 4.69) is 11.1 Å². The topological polar surface area (TPSA) is 132 Å². The summed E-state index contributed by atoms with van der Waals surface area (Å²) >= 11 is 0. The average Bonchev–Trinajstić information content (AvgIpc) is 3.29. The smallest absolute Gasteiger partial charge is 0.332 e. The van der Waals surface area contributed by atoms with Crippen molar-refractivity contribution in [3.8, 4) is 6.07 Å². The zero-order valence-corrected chi connectivity index (χ0v) is 21.1. The molecule has 2 aromatic carbocycles. The maximum atomic E-state index is 14.3. The minimum Gasteiger partial charge on any atom is -0.341 e. The van der Waals surface area contributed by atoms with E-state index < -0.39 is 40.8 Å². The highest BCUT2D eigenvalue weighted by Gasteiger charge is 2.28. The molecule has 1 unspecified atom stereocenters. The third-order valence-electron chi connectivity index (χ3n) is 6.96. The Morgan fingerprint density at radius 3 is 2.54 bits per heavy atom. The summed E-state index contributed by atoms with van der Waals surface area (Å²) in [5.41, 5.74) is 4.79. The molecular weight excluding hydrogens is 508 g/mol. The molecule has 1 atom stereocenters. The molecule has 0 amide bonds. The fraction of sp³-hybridized carbons (Fsp3) is 0.296. The van der Waals surface area contributed by atoms with Gasteiger partial charge in [-0.15, -0.1) is 0 Å². The molecule has 39 heavy (non-hydrogen) atoms. The standard InChI is InChI=1S/C27H25F2N7O3/c1-33-24-23(25(38)36(27(33)39)15-21(37)22-19(28)9-4-10-20(22)29)35(13-17-7-3-2-6-16(17)12-30)26(32-24)34-11-5-8-18(31)14-34/h2-4,6-7,9-10,18H,5,8,11,13-15,31H2,1H3. The maximum Gasteiger partial charge on any atom is 0.332 e. The molecule has 2 aromatic heterocycles. The molecule has 0 saturated carbocycles. The molecule has 200 valence electrons. The van der Waals surface area contributed by atoms with Crippen molar-refractivity contribution < 1.29 is 13.6 Å². The zero-order valence-electron chi connectivity index (χ0n) is 21.1. The van der Waals surface area contributed by atoms with Crippen molar-refractivity contribution in [2.75, 3.05) is 18.0 Å². The van der Waals surface area contributed by atoms with Crippen molar-refractivity contribution in [3.63, 3.8) is 0 Å². The number of carbonyl (C=O) groups is 1. The van der Waals surface area contributed by atoms with Gasteiger partial charge in [0.1, 0.15) is 11.6 Å². The van der Waals surface area contributed by atoms with Gasteiger partial charge in [0.15, 0.2) is 16.9 Å². The first-order chi connectivity index (χ1) is 18.7. The number of Topliss-reactive ketones (excluding diaryl/α,β-unsaturated/α-hetero) is 1. The molecule has 0 spiro atoms. The lowest BCUT2D eigenvalue weighted by Gasteiger charge is -2.32. The molecular formula is C27H25F2N7O3. The summed E-state index contributed by atoms with van der Waals surface area (Å²) in [5.74, 6) is -2.85. The molecule has 2 N–H and O–H groups in total. The first kappa shape index (κ1) is 26.0. The number of anilines is 1. The van der Waals surface area contributed by atoms with Gasteiger partial charge in [0.05, 0.1) is 30.3 Å². The first-order valence-electron chi connectivity index (χ1n) is 12.4. The zero-order chi connectivity index (χ0) is 27.8. The number of nitrogens with zero attached hydrogens (tertiary/aromatic N) is 6. The largest absolute Gasteiger partial charge is 0.341 e. The van der Waals surface area contributed by atoms with Crippen molar-refractivity contribution in [3.05, 3.63) is 91.6 Å². The normalized spacial score (nSPS) is 15.5. The van der Waals surface area contributed by atoms with Gasteiger partial charge in [0.25, 0.3) is 5.56 Å². The fourth-order valence-corrected chi connectivity index (χ4v) is 5.01. The van der Waals surface area contributed by atoms with Crippen molar-refractivity contribution in [2.45, 2.75) is 32.0 Å². The summed E-state index contributed by atoms with van der Waals surface area (Å²) in [6.45, 7) is 0.286. The number of hydrogen-bond acceptors (Lipinski definition) is 7. The van der Waals surface area contributed by atoms with Crippen LogP contribution in [0.3, 0.4) is 0 Å². The Morgan fingerprint density at radius 1 is 1.13 bits per heavy atom. The second-order valence-corrected chi connectivity index (χ2v) is 9.54. The van der Waals surface area contributed by atoms with Gasteiger partial charge >= 0.3 is 5.69 Å². The molecule has 5 rings (SSSR count). The van der Waals surface area contributed by atoms with Crippen LogP contribution in [0.5, 0.6) is 0 Å². The number of piperidine rings is 1. The van der Waals surface area contributed by atoms with Crippen LogP contribution in [-0.4, -0.2) is 43.6 Å². The molecule has 1 aliphatic heterocycles. The predicted octanol–water partition coefficient (Wildman–Crippen LogP) is 1.91. The first-order valence-corrected chi connectivity index (χ1v) is 12.4. The number of fused-ring (bicyclic) bond motifs is 1. The van der Waals surface area contributed by atoms with E-state index in [1.807, 2.05) is 4.90 Å². The molecule has 1 saturated heterocycles. The lowest BCUT2D eigenvalue weighted by molar-refractivity contribution is 0.0960. The van der Waals surface area contributed by atoms with E-state index in [4.69, 9.17) is 5.73 Å². The van der Waals surface area contributed by atoms with Gasteiger partial charge in [-0.25, -0.2) is 13.6 Å². The van der Waals surface area contributed by atoms with Crippen LogP contribution in [0.1, 0.15) is 34.3 Å². The molecule has 12 heteroatoms. The summed E-state index contributed by atoms with van der Waals surface area (Å²) in [6, 6.07) is 11.9. The lowest BCUT2D eigenvalue weighted by atomic mass is 10.1. The van der Waals surface area contributed by atoms with Crippen LogP contribution in [0, 0.1) is 23.0 Å². The minimum absolute atomic E-state index is 0.0146. The minimum atomic E-state index is -1.09.